The van der Waals surface area contributed by atoms with Gasteiger partial charge in [-0.1, -0.05) is 11.6 Å². The molecule has 28 heavy (non-hydrogen) atoms. The molecule has 0 spiro atoms. The van der Waals surface area contributed by atoms with E-state index in [4.69, 9.17) is 36.3 Å². The number of carbonyl (C=O) groups is 1. The van der Waals surface area contributed by atoms with Crippen molar-refractivity contribution in [3.63, 3.8) is 0 Å². The van der Waals surface area contributed by atoms with Gasteiger partial charge in [0.2, 0.25) is 5.88 Å². The summed E-state index contributed by atoms with van der Waals surface area (Å²) in [6, 6.07) is 5.28. The maximum Gasteiger partial charge on any atom is 0.338 e. The smallest absolute Gasteiger partial charge is 0.338 e. The third kappa shape index (κ3) is 4.18. The number of halogens is 1. The summed E-state index contributed by atoms with van der Waals surface area (Å²) >= 11 is 6.51. The largest absolute Gasteiger partial charge is 0.490 e. The van der Waals surface area contributed by atoms with Crippen molar-refractivity contribution in [1.29, 1.82) is 5.26 Å². The number of rotatable bonds is 7. The molecule has 1 aromatic rings. The molecule has 1 unspecified atom stereocenters. The van der Waals surface area contributed by atoms with Crippen molar-refractivity contribution in [3.8, 4) is 17.6 Å². The molecule has 0 saturated carbocycles. The highest BCUT2D eigenvalue weighted by atomic mass is 35.5. The Hall–Kier alpha value is -2.85. The summed E-state index contributed by atoms with van der Waals surface area (Å²) in [5.41, 5.74) is 6.63. The van der Waals surface area contributed by atoms with Gasteiger partial charge in [-0.2, -0.15) is 5.26 Å². The van der Waals surface area contributed by atoms with Gasteiger partial charge in [0.05, 0.1) is 31.3 Å². The summed E-state index contributed by atoms with van der Waals surface area (Å²) < 4.78 is 21.8. The van der Waals surface area contributed by atoms with Gasteiger partial charge in [-0.15, -0.1) is 0 Å². The second kappa shape index (κ2) is 9.38. The Morgan fingerprint density at radius 2 is 1.82 bits per heavy atom. The molecule has 8 heteroatoms. The molecule has 1 heterocycles. The van der Waals surface area contributed by atoms with E-state index < -0.39 is 11.9 Å². The van der Waals surface area contributed by atoms with E-state index in [-0.39, 0.29) is 29.4 Å². The van der Waals surface area contributed by atoms with E-state index in [1.54, 1.807) is 26.0 Å². The Morgan fingerprint density at radius 3 is 2.36 bits per heavy atom. The molecule has 7 nitrogen and oxygen atoms in total. The molecular weight excluding hydrogens is 384 g/mol. The predicted molar refractivity (Wildman–Crippen MR) is 104 cm³/mol. The monoisotopic (exact) mass is 406 g/mol. The van der Waals surface area contributed by atoms with Crippen LogP contribution in [0.15, 0.2) is 34.9 Å². The fourth-order valence-electron chi connectivity index (χ4n) is 2.97. The van der Waals surface area contributed by atoms with Crippen molar-refractivity contribution < 1.29 is 23.7 Å². The fourth-order valence-corrected chi connectivity index (χ4v) is 3.24. The number of nitriles is 1. The normalized spacial score (nSPS) is 16.4. The first kappa shape index (κ1) is 21.5. The maximum absolute atomic E-state index is 12.6. The summed E-state index contributed by atoms with van der Waals surface area (Å²) in [6.07, 6.45) is 0. The summed E-state index contributed by atoms with van der Waals surface area (Å²) in [5, 5.41) is 9.97. The van der Waals surface area contributed by atoms with Crippen LogP contribution in [-0.2, 0) is 14.3 Å². The first-order valence-electron chi connectivity index (χ1n) is 8.93. The summed E-state index contributed by atoms with van der Waals surface area (Å²) in [4.78, 5) is 12.6. The Bertz CT molecular complexity index is 870. The van der Waals surface area contributed by atoms with E-state index in [9.17, 15) is 10.1 Å². The van der Waals surface area contributed by atoms with Crippen LogP contribution in [0.25, 0.3) is 0 Å². The summed E-state index contributed by atoms with van der Waals surface area (Å²) in [5.74, 6) is -0.358. The Kier molecular flexibility index (Phi) is 7.18. The van der Waals surface area contributed by atoms with Crippen LogP contribution >= 0.6 is 11.6 Å². The van der Waals surface area contributed by atoms with Crippen LogP contribution in [0, 0.1) is 11.3 Å². The van der Waals surface area contributed by atoms with Gasteiger partial charge in [-0.25, -0.2) is 4.79 Å². The third-order valence-electron chi connectivity index (χ3n) is 4.07. The van der Waals surface area contributed by atoms with E-state index in [1.807, 2.05) is 19.9 Å². The van der Waals surface area contributed by atoms with Crippen molar-refractivity contribution >= 4 is 17.6 Å². The number of hydrogen-bond donors (Lipinski definition) is 1. The van der Waals surface area contributed by atoms with E-state index in [1.165, 1.54) is 0 Å². The lowest BCUT2D eigenvalue weighted by atomic mass is 9.83. The SMILES string of the molecule is CCOC(=O)C1=C(C)OC(N)=C(C#N)C1c1cc(OCC)c(OCC)cc1Cl. The number of esters is 1. The van der Waals surface area contributed by atoms with E-state index >= 15 is 0 Å². The Labute approximate surface area is 169 Å². The second-order valence-corrected chi connectivity index (χ2v) is 6.21. The van der Waals surface area contributed by atoms with E-state index in [2.05, 4.69) is 0 Å². The number of benzene rings is 1. The molecule has 0 bridgehead atoms. The predicted octanol–water partition coefficient (Wildman–Crippen LogP) is 3.78. The Morgan fingerprint density at radius 1 is 1.21 bits per heavy atom. The lowest BCUT2D eigenvalue weighted by Crippen LogP contribution is -2.25. The van der Waals surface area contributed by atoms with Crippen LogP contribution in [-0.4, -0.2) is 25.8 Å². The van der Waals surface area contributed by atoms with Crippen molar-refractivity contribution in [2.45, 2.75) is 33.6 Å². The van der Waals surface area contributed by atoms with Gasteiger partial charge < -0.3 is 24.7 Å². The topological polar surface area (TPSA) is 104 Å². The molecule has 0 aliphatic carbocycles. The number of nitrogens with two attached hydrogens (primary N) is 1. The summed E-state index contributed by atoms with van der Waals surface area (Å²) in [6.45, 7) is 7.97. The van der Waals surface area contributed by atoms with Gasteiger partial charge in [0, 0.05) is 11.1 Å². The number of hydrogen-bond acceptors (Lipinski definition) is 7. The van der Waals surface area contributed by atoms with Crippen molar-refractivity contribution in [2.75, 3.05) is 19.8 Å². The molecule has 2 N–H and O–H groups in total. The van der Waals surface area contributed by atoms with Gasteiger partial charge in [-0.05, 0) is 39.3 Å². The third-order valence-corrected chi connectivity index (χ3v) is 4.40. The molecule has 1 aliphatic rings. The number of nitrogens with zero attached hydrogens (tertiary/aromatic N) is 1. The first-order chi connectivity index (χ1) is 13.4. The number of ether oxygens (including phenoxy) is 4. The maximum atomic E-state index is 12.6. The molecular formula is C20H23ClN2O5. The molecule has 0 amide bonds. The van der Waals surface area contributed by atoms with E-state index in [0.717, 1.165) is 0 Å². The van der Waals surface area contributed by atoms with Crippen molar-refractivity contribution in [3.05, 3.63) is 45.5 Å². The molecule has 1 aromatic carbocycles. The van der Waals surface area contributed by atoms with Gasteiger partial charge in [0.25, 0.3) is 0 Å². The quantitative estimate of drug-likeness (QED) is 0.687. The van der Waals surface area contributed by atoms with Crippen LogP contribution < -0.4 is 15.2 Å². The molecule has 150 valence electrons. The lowest BCUT2D eigenvalue weighted by molar-refractivity contribution is -0.139. The van der Waals surface area contributed by atoms with E-state index in [0.29, 0.717) is 35.3 Å². The molecule has 0 saturated heterocycles. The molecule has 1 aliphatic heterocycles. The van der Waals surface area contributed by atoms with Crippen LogP contribution in [0.2, 0.25) is 5.02 Å². The highest BCUT2D eigenvalue weighted by Gasteiger charge is 2.38. The minimum Gasteiger partial charge on any atom is -0.490 e. The minimum absolute atomic E-state index is 0.0714. The van der Waals surface area contributed by atoms with Gasteiger partial charge in [-0.3, -0.25) is 0 Å². The van der Waals surface area contributed by atoms with Crippen LogP contribution in [0.4, 0.5) is 0 Å². The zero-order valence-electron chi connectivity index (χ0n) is 16.3. The molecule has 2 rings (SSSR count). The lowest BCUT2D eigenvalue weighted by Gasteiger charge is -2.28. The molecule has 0 aromatic heterocycles. The van der Waals surface area contributed by atoms with Gasteiger partial charge in [0.15, 0.2) is 11.5 Å². The highest BCUT2D eigenvalue weighted by molar-refractivity contribution is 6.31. The average Bonchev–Trinajstić information content (AvgIpc) is 2.63. The first-order valence-corrected chi connectivity index (χ1v) is 9.31. The van der Waals surface area contributed by atoms with Crippen molar-refractivity contribution in [1.82, 2.24) is 0 Å². The van der Waals surface area contributed by atoms with Crippen LogP contribution in [0.5, 0.6) is 11.5 Å². The molecule has 0 radical (unpaired) electrons. The second-order valence-electron chi connectivity index (χ2n) is 5.80. The average molecular weight is 407 g/mol. The number of allylic oxidation sites excluding steroid dienone is 2. The fraction of sp³-hybridized carbons (Fsp3) is 0.400. The minimum atomic E-state index is -0.847. The number of carbonyl (C=O) groups excluding carboxylic acids is 1. The van der Waals surface area contributed by atoms with Gasteiger partial charge >= 0.3 is 5.97 Å². The standard InChI is InChI=1S/C20H23ClN2O5/c1-5-25-15-8-12(14(21)9-16(15)26-6-2)18-13(10-22)19(23)28-11(4)17(18)20(24)27-7-3/h8-9,18H,5-7,23H2,1-4H3. The Balaban J connectivity index is 2.71. The van der Waals surface area contributed by atoms with Crippen LogP contribution in [0.1, 0.15) is 39.2 Å². The molecule has 1 atom stereocenters. The molecule has 0 fully saturated rings. The van der Waals surface area contributed by atoms with Gasteiger partial charge in [0.1, 0.15) is 17.4 Å². The van der Waals surface area contributed by atoms with Crippen molar-refractivity contribution in [2.24, 2.45) is 5.73 Å². The summed E-state index contributed by atoms with van der Waals surface area (Å²) in [7, 11) is 0. The van der Waals surface area contributed by atoms with Crippen LogP contribution in [0.3, 0.4) is 0 Å². The highest BCUT2D eigenvalue weighted by Crippen LogP contribution is 2.45. The zero-order chi connectivity index (χ0) is 20.8. The zero-order valence-corrected chi connectivity index (χ0v) is 17.1.